The number of carbonyl (C=O) groups is 1. The largest absolute Gasteiger partial charge is 0.372 e. The Morgan fingerprint density at radius 3 is 2.83 bits per heavy atom. The van der Waals surface area contributed by atoms with Gasteiger partial charge in [0.1, 0.15) is 12.4 Å². The van der Waals surface area contributed by atoms with E-state index in [0.29, 0.717) is 18.1 Å². The van der Waals surface area contributed by atoms with Crippen LogP contribution in [-0.2, 0) is 21.0 Å². The summed E-state index contributed by atoms with van der Waals surface area (Å²) in [6.07, 6.45) is 0. The van der Waals surface area contributed by atoms with Gasteiger partial charge in [-0.05, 0) is 19.1 Å². The van der Waals surface area contributed by atoms with Crippen LogP contribution in [0.2, 0.25) is 0 Å². The number of benzene rings is 1. The molecule has 1 N–H and O–H groups in total. The van der Waals surface area contributed by atoms with Crippen LogP contribution >= 0.6 is 11.8 Å². The first kappa shape index (κ1) is 16.5. The highest BCUT2D eigenvalue weighted by molar-refractivity contribution is 7.98. The molecule has 2 aromatic rings. The molecule has 2 heterocycles. The number of thioether (sulfide) groups is 1. The Morgan fingerprint density at radius 2 is 2.17 bits per heavy atom. The number of nitrogens with one attached hydrogen (secondary N) is 1. The zero-order chi connectivity index (χ0) is 17.1. The molecule has 1 aromatic heterocycles. The number of ether oxygens (including phenoxy) is 1. The van der Waals surface area contributed by atoms with Gasteiger partial charge in [0.25, 0.3) is 11.6 Å². The average Bonchev–Trinajstić information content (AvgIpc) is 3.15. The quantitative estimate of drug-likeness (QED) is 0.636. The van der Waals surface area contributed by atoms with E-state index in [0.717, 1.165) is 22.8 Å². The van der Waals surface area contributed by atoms with Crippen LogP contribution in [-0.4, -0.2) is 33.8 Å². The Morgan fingerprint density at radius 1 is 1.42 bits per heavy atom. The van der Waals surface area contributed by atoms with Crippen molar-refractivity contribution in [3.05, 3.63) is 45.6 Å². The molecular formula is C15H16N4O4S. The van der Waals surface area contributed by atoms with Crippen molar-refractivity contribution in [2.45, 2.75) is 18.4 Å². The SMILES string of the molecule is CCOCC(=O)Nc1c2c(nn1-c1ccc([N+](=O)[O-])cc1)CSC2. The molecule has 0 bridgehead atoms. The molecule has 0 spiro atoms. The summed E-state index contributed by atoms with van der Waals surface area (Å²) >= 11 is 1.73. The van der Waals surface area contributed by atoms with Gasteiger partial charge in [0, 0.05) is 35.8 Å². The molecule has 126 valence electrons. The second-order valence-corrected chi connectivity index (χ2v) is 6.12. The number of nitro groups is 1. The number of nitrogens with zero attached hydrogens (tertiary/aromatic N) is 3. The lowest BCUT2D eigenvalue weighted by molar-refractivity contribution is -0.384. The van der Waals surface area contributed by atoms with Gasteiger partial charge in [-0.1, -0.05) is 0 Å². The zero-order valence-electron chi connectivity index (χ0n) is 13.0. The van der Waals surface area contributed by atoms with Crippen molar-refractivity contribution in [1.82, 2.24) is 9.78 Å². The van der Waals surface area contributed by atoms with Crippen LogP contribution in [0.3, 0.4) is 0 Å². The second kappa shape index (κ2) is 7.02. The van der Waals surface area contributed by atoms with Crippen LogP contribution in [0.5, 0.6) is 0 Å². The Kier molecular flexibility index (Phi) is 4.81. The standard InChI is InChI=1S/C15H16N4O4S/c1-2-23-7-14(20)16-15-12-8-24-9-13(12)17-18(15)10-3-5-11(6-4-10)19(21)22/h3-6H,2,7-9H2,1H3,(H,16,20). The Labute approximate surface area is 142 Å². The minimum Gasteiger partial charge on any atom is -0.372 e. The van der Waals surface area contributed by atoms with Crippen LogP contribution in [0.15, 0.2) is 24.3 Å². The van der Waals surface area contributed by atoms with Crippen LogP contribution < -0.4 is 5.32 Å². The van der Waals surface area contributed by atoms with E-state index in [1.54, 1.807) is 28.6 Å². The second-order valence-electron chi connectivity index (χ2n) is 5.14. The van der Waals surface area contributed by atoms with Crippen molar-refractivity contribution in [3.8, 4) is 5.69 Å². The lowest BCUT2D eigenvalue weighted by atomic mass is 10.2. The summed E-state index contributed by atoms with van der Waals surface area (Å²) in [6, 6.07) is 6.07. The molecular weight excluding hydrogens is 332 g/mol. The van der Waals surface area contributed by atoms with E-state index in [-0.39, 0.29) is 18.2 Å². The molecule has 1 amide bonds. The highest BCUT2D eigenvalue weighted by atomic mass is 32.2. The number of hydrogen-bond donors (Lipinski definition) is 1. The van der Waals surface area contributed by atoms with Gasteiger partial charge in [0.05, 0.1) is 16.3 Å². The predicted octanol–water partition coefficient (Wildman–Crippen LogP) is 2.50. The molecule has 0 fully saturated rings. The van der Waals surface area contributed by atoms with E-state index in [2.05, 4.69) is 10.4 Å². The maximum absolute atomic E-state index is 12.0. The molecule has 0 saturated carbocycles. The van der Waals surface area contributed by atoms with E-state index in [9.17, 15) is 14.9 Å². The molecule has 1 aromatic carbocycles. The van der Waals surface area contributed by atoms with Gasteiger partial charge in [0.2, 0.25) is 0 Å². The lowest BCUT2D eigenvalue weighted by Crippen LogP contribution is -2.21. The zero-order valence-corrected chi connectivity index (χ0v) is 13.8. The van der Waals surface area contributed by atoms with E-state index in [4.69, 9.17) is 4.74 Å². The van der Waals surface area contributed by atoms with Crippen molar-refractivity contribution >= 4 is 29.2 Å². The molecule has 0 radical (unpaired) electrons. The van der Waals surface area contributed by atoms with E-state index in [1.807, 2.05) is 6.92 Å². The summed E-state index contributed by atoms with van der Waals surface area (Å²) in [5.41, 5.74) is 2.58. The number of nitro benzene ring substituents is 1. The van der Waals surface area contributed by atoms with Gasteiger partial charge < -0.3 is 10.1 Å². The summed E-state index contributed by atoms with van der Waals surface area (Å²) in [5.74, 6) is 1.91. The van der Waals surface area contributed by atoms with Gasteiger partial charge in [-0.15, -0.1) is 0 Å². The molecule has 24 heavy (non-hydrogen) atoms. The van der Waals surface area contributed by atoms with Crippen LogP contribution in [0.25, 0.3) is 5.69 Å². The van der Waals surface area contributed by atoms with E-state index < -0.39 is 4.92 Å². The fourth-order valence-corrected chi connectivity index (χ4v) is 3.44. The van der Waals surface area contributed by atoms with E-state index >= 15 is 0 Å². The van der Waals surface area contributed by atoms with E-state index in [1.165, 1.54) is 12.1 Å². The number of aromatic nitrogens is 2. The molecule has 0 aliphatic carbocycles. The number of rotatable bonds is 6. The molecule has 0 saturated heterocycles. The van der Waals surface area contributed by atoms with Gasteiger partial charge in [-0.2, -0.15) is 16.9 Å². The van der Waals surface area contributed by atoms with Gasteiger partial charge in [-0.3, -0.25) is 14.9 Å². The summed E-state index contributed by atoms with van der Waals surface area (Å²) in [6.45, 7) is 2.26. The first-order valence-electron chi connectivity index (χ1n) is 7.41. The fourth-order valence-electron chi connectivity index (χ4n) is 2.41. The highest BCUT2D eigenvalue weighted by Gasteiger charge is 2.24. The minimum atomic E-state index is -0.450. The third-order valence-electron chi connectivity index (χ3n) is 3.55. The minimum absolute atomic E-state index is 0.0101. The number of amides is 1. The first-order valence-corrected chi connectivity index (χ1v) is 8.56. The monoisotopic (exact) mass is 348 g/mol. The number of carbonyl (C=O) groups excluding carboxylic acids is 1. The maximum Gasteiger partial charge on any atom is 0.269 e. The molecule has 3 rings (SSSR count). The molecule has 8 nitrogen and oxygen atoms in total. The first-order chi connectivity index (χ1) is 11.6. The van der Waals surface area contributed by atoms with Crippen LogP contribution in [0, 0.1) is 10.1 Å². The lowest BCUT2D eigenvalue weighted by Gasteiger charge is -2.11. The Balaban J connectivity index is 1.92. The topological polar surface area (TPSA) is 99.3 Å². The molecule has 9 heteroatoms. The number of anilines is 1. The summed E-state index contributed by atoms with van der Waals surface area (Å²) in [4.78, 5) is 22.4. The summed E-state index contributed by atoms with van der Waals surface area (Å²) < 4.78 is 6.75. The Hall–Kier alpha value is -2.39. The number of fused-ring (bicyclic) bond motifs is 1. The number of hydrogen-bond acceptors (Lipinski definition) is 6. The van der Waals surface area contributed by atoms with Crippen molar-refractivity contribution in [3.63, 3.8) is 0 Å². The van der Waals surface area contributed by atoms with Gasteiger partial charge >= 0.3 is 0 Å². The molecule has 0 atom stereocenters. The molecule has 1 aliphatic heterocycles. The van der Waals surface area contributed by atoms with Crippen molar-refractivity contribution in [2.75, 3.05) is 18.5 Å². The number of non-ortho nitro benzene ring substituents is 1. The summed E-state index contributed by atoms with van der Waals surface area (Å²) in [7, 11) is 0. The normalized spacial score (nSPS) is 12.9. The third-order valence-corrected chi connectivity index (χ3v) is 4.52. The maximum atomic E-state index is 12.0. The van der Waals surface area contributed by atoms with Crippen molar-refractivity contribution in [1.29, 1.82) is 0 Å². The van der Waals surface area contributed by atoms with Crippen LogP contribution in [0.4, 0.5) is 11.5 Å². The summed E-state index contributed by atoms with van der Waals surface area (Å²) in [5, 5.41) is 18.2. The molecule has 0 unspecified atom stereocenters. The smallest absolute Gasteiger partial charge is 0.269 e. The van der Waals surface area contributed by atoms with Crippen molar-refractivity contribution in [2.24, 2.45) is 0 Å². The van der Waals surface area contributed by atoms with Crippen molar-refractivity contribution < 1.29 is 14.5 Å². The third kappa shape index (κ3) is 3.26. The van der Waals surface area contributed by atoms with Gasteiger partial charge in [-0.25, -0.2) is 4.68 Å². The van der Waals surface area contributed by atoms with Gasteiger partial charge in [0.15, 0.2) is 0 Å². The molecule has 1 aliphatic rings. The Bertz CT molecular complexity index is 773. The van der Waals surface area contributed by atoms with Crippen LogP contribution in [0.1, 0.15) is 18.2 Å². The fraction of sp³-hybridized carbons (Fsp3) is 0.333. The average molecular weight is 348 g/mol. The highest BCUT2D eigenvalue weighted by Crippen LogP contribution is 2.36. The predicted molar refractivity (Wildman–Crippen MR) is 90.3 cm³/mol.